The summed E-state index contributed by atoms with van der Waals surface area (Å²) in [4.78, 5) is 46.2. The minimum atomic E-state index is -0.848. The van der Waals surface area contributed by atoms with E-state index in [1.54, 1.807) is 7.11 Å². The first-order valence-corrected chi connectivity index (χ1v) is 18.1. The van der Waals surface area contributed by atoms with Gasteiger partial charge in [0.25, 0.3) is 0 Å². The predicted octanol–water partition coefficient (Wildman–Crippen LogP) is 3.64. The van der Waals surface area contributed by atoms with E-state index in [1.807, 2.05) is 48.5 Å². The van der Waals surface area contributed by atoms with Gasteiger partial charge < -0.3 is 37.9 Å². The van der Waals surface area contributed by atoms with E-state index >= 15 is 0 Å². The second-order valence-corrected chi connectivity index (χ2v) is 13.8. The number of amides is 3. The Balaban J connectivity index is 1.53. The Bertz CT molecular complexity index is 1450. The van der Waals surface area contributed by atoms with E-state index in [1.165, 1.54) is 0 Å². The van der Waals surface area contributed by atoms with E-state index in [-0.39, 0.29) is 53.8 Å². The first kappa shape index (κ1) is 38.2. The van der Waals surface area contributed by atoms with Gasteiger partial charge >= 0.3 is 0 Å². The number of hydrogen-bond acceptors (Lipinski definition) is 6. The quantitative estimate of drug-likeness (QED) is 0.0744. The maximum absolute atomic E-state index is 14.3. The van der Waals surface area contributed by atoms with Crippen LogP contribution in [0.5, 0.6) is 5.75 Å². The summed E-state index contributed by atoms with van der Waals surface area (Å²) in [5.74, 6) is -0.268. The molecule has 272 valence electrons. The zero-order chi connectivity index (χ0) is 35.9. The number of nitrogen functional groups attached to an aromatic ring is 1. The van der Waals surface area contributed by atoms with Crippen molar-refractivity contribution in [3.8, 4) is 5.75 Å². The molecule has 3 atom stereocenters. The SMILES string of the molecule is COc1cccc(CNC(=O)[C@H](CCCN=C(N)N)NC(=O)C(NC(=O)C(Cc2ccc(C(=N)N)cc2)C2CCCCC2)C2CCCCC2)c1. The van der Waals surface area contributed by atoms with Gasteiger partial charge in [-0.2, -0.15) is 0 Å². The molecule has 10 N–H and O–H groups in total. The summed E-state index contributed by atoms with van der Waals surface area (Å²) in [5, 5.41) is 16.9. The van der Waals surface area contributed by atoms with Crippen LogP contribution in [0.15, 0.2) is 53.5 Å². The van der Waals surface area contributed by atoms with Crippen molar-refractivity contribution in [1.29, 1.82) is 5.41 Å². The van der Waals surface area contributed by atoms with E-state index in [9.17, 15) is 14.4 Å². The number of ether oxygens (including phenoxy) is 1. The molecular weight excluding hydrogens is 632 g/mol. The largest absolute Gasteiger partial charge is 0.497 e. The van der Waals surface area contributed by atoms with Gasteiger partial charge in [0.05, 0.1) is 7.11 Å². The highest BCUT2D eigenvalue weighted by atomic mass is 16.5. The van der Waals surface area contributed by atoms with Crippen LogP contribution in [0, 0.1) is 23.2 Å². The van der Waals surface area contributed by atoms with E-state index < -0.39 is 12.1 Å². The molecule has 2 aliphatic carbocycles. The van der Waals surface area contributed by atoms with Gasteiger partial charge in [0.15, 0.2) is 5.96 Å². The number of benzene rings is 2. The molecular formula is C38H56N8O4. The zero-order valence-corrected chi connectivity index (χ0v) is 29.4. The number of rotatable bonds is 17. The third kappa shape index (κ3) is 11.8. The third-order valence-corrected chi connectivity index (χ3v) is 10.2. The smallest absolute Gasteiger partial charge is 0.243 e. The van der Waals surface area contributed by atoms with Gasteiger partial charge in [0, 0.05) is 24.6 Å². The highest BCUT2D eigenvalue weighted by Gasteiger charge is 2.37. The molecule has 4 rings (SSSR count). The van der Waals surface area contributed by atoms with Crippen LogP contribution in [-0.4, -0.2) is 55.3 Å². The van der Waals surface area contributed by atoms with Crippen molar-refractivity contribution in [3.05, 3.63) is 65.2 Å². The van der Waals surface area contributed by atoms with Crippen LogP contribution < -0.4 is 37.9 Å². The van der Waals surface area contributed by atoms with Gasteiger partial charge in [0.1, 0.15) is 23.7 Å². The molecule has 2 aromatic carbocycles. The Morgan fingerprint density at radius 3 is 2.12 bits per heavy atom. The molecule has 0 radical (unpaired) electrons. The van der Waals surface area contributed by atoms with Gasteiger partial charge in [0.2, 0.25) is 17.7 Å². The second kappa shape index (κ2) is 19.5. The summed E-state index contributed by atoms with van der Waals surface area (Å²) < 4.78 is 5.31. The standard InChI is InChI=1S/C38H56N8O4/c1-50-30-15-8-10-26(22-30)24-44-36(48)32(16-9-21-43-38(41)42)45-37(49)33(28-13-6-3-7-14-28)46-35(47)31(27-11-4-2-5-12-27)23-25-17-19-29(20-18-25)34(39)40/h8,10,15,17-20,22,27-28,31-33H,2-7,9,11-14,16,21,23-24H2,1H3,(H3,39,40)(H,44,48)(H,45,49)(H,46,47)(H4,41,42,43)/t31?,32-,33?/m0/s1. The van der Waals surface area contributed by atoms with Gasteiger partial charge in [-0.1, -0.05) is 74.9 Å². The molecule has 2 aromatic rings. The van der Waals surface area contributed by atoms with E-state index in [4.69, 9.17) is 27.3 Å². The molecule has 0 aromatic heterocycles. The van der Waals surface area contributed by atoms with Crippen LogP contribution in [0.3, 0.4) is 0 Å². The van der Waals surface area contributed by atoms with Crippen LogP contribution in [0.2, 0.25) is 0 Å². The lowest BCUT2D eigenvalue weighted by Crippen LogP contribution is -2.57. The summed E-state index contributed by atoms with van der Waals surface area (Å²) in [6.07, 6.45) is 11.3. The minimum Gasteiger partial charge on any atom is -0.497 e. The van der Waals surface area contributed by atoms with Crippen molar-refractivity contribution >= 4 is 29.5 Å². The summed E-state index contributed by atoms with van der Waals surface area (Å²) in [7, 11) is 1.59. The van der Waals surface area contributed by atoms with Crippen molar-refractivity contribution in [2.75, 3.05) is 13.7 Å². The molecule has 3 amide bonds. The first-order valence-electron chi connectivity index (χ1n) is 18.1. The molecule has 2 aliphatic rings. The fourth-order valence-corrected chi connectivity index (χ4v) is 7.34. The summed E-state index contributed by atoms with van der Waals surface area (Å²) in [5.41, 5.74) is 19.2. The number of guanidine groups is 1. The average molecular weight is 689 g/mol. The molecule has 0 heterocycles. The third-order valence-electron chi connectivity index (χ3n) is 10.2. The van der Waals surface area contributed by atoms with Gasteiger partial charge in [-0.05, 0) is 80.0 Å². The monoisotopic (exact) mass is 688 g/mol. The molecule has 0 saturated heterocycles. The molecule has 12 heteroatoms. The lowest BCUT2D eigenvalue weighted by atomic mass is 9.76. The van der Waals surface area contributed by atoms with Gasteiger partial charge in [-0.15, -0.1) is 0 Å². The number of methoxy groups -OCH3 is 1. The molecule has 2 fully saturated rings. The van der Waals surface area contributed by atoms with E-state index in [0.717, 1.165) is 75.3 Å². The fourth-order valence-electron chi connectivity index (χ4n) is 7.34. The highest BCUT2D eigenvalue weighted by Crippen LogP contribution is 2.33. The Morgan fingerprint density at radius 2 is 1.50 bits per heavy atom. The van der Waals surface area contributed by atoms with Crippen LogP contribution >= 0.6 is 0 Å². The Labute approximate surface area is 296 Å². The van der Waals surface area contributed by atoms with Crippen LogP contribution in [0.4, 0.5) is 0 Å². The topological polar surface area (TPSA) is 211 Å². The Kier molecular flexibility index (Phi) is 14.9. The maximum atomic E-state index is 14.3. The first-order chi connectivity index (χ1) is 24.1. The fraction of sp³-hybridized carbons (Fsp3) is 0.553. The highest BCUT2D eigenvalue weighted by molar-refractivity contribution is 5.95. The van der Waals surface area contributed by atoms with Crippen LogP contribution in [0.1, 0.15) is 93.7 Å². The van der Waals surface area contributed by atoms with Crippen molar-refractivity contribution in [2.24, 2.45) is 39.9 Å². The normalized spacial score (nSPS) is 17.1. The number of carbonyl (C=O) groups is 3. The van der Waals surface area contributed by atoms with Crippen LogP contribution in [-0.2, 0) is 27.3 Å². The van der Waals surface area contributed by atoms with Crippen molar-refractivity contribution in [2.45, 2.75) is 102 Å². The summed E-state index contributed by atoms with van der Waals surface area (Å²) in [6.45, 7) is 0.576. The number of hydrogen-bond donors (Lipinski definition) is 7. The molecule has 50 heavy (non-hydrogen) atoms. The van der Waals surface area contributed by atoms with Crippen molar-refractivity contribution in [1.82, 2.24) is 16.0 Å². The predicted molar refractivity (Wildman–Crippen MR) is 196 cm³/mol. The van der Waals surface area contributed by atoms with E-state index in [0.29, 0.717) is 37.1 Å². The van der Waals surface area contributed by atoms with E-state index in [2.05, 4.69) is 20.9 Å². The molecule has 0 spiro atoms. The molecule has 0 bridgehead atoms. The minimum absolute atomic E-state index is 0.00276. The average Bonchev–Trinajstić information content (AvgIpc) is 3.13. The number of aliphatic imine (C=N–C) groups is 1. The number of nitrogens with two attached hydrogens (primary N) is 3. The summed E-state index contributed by atoms with van der Waals surface area (Å²) >= 11 is 0. The lowest BCUT2D eigenvalue weighted by Gasteiger charge is -2.34. The Hall–Kier alpha value is -4.61. The second-order valence-electron chi connectivity index (χ2n) is 13.8. The summed E-state index contributed by atoms with van der Waals surface area (Å²) in [6, 6.07) is 13.3. The van der Waals surface area contributed by atoms with Crippen molar-refractivity contribution < 1.29 is 19.1 Å². The molecule has 2 unspecified atom stereocenters. The van der Waals surface area contributed by atoms with Crippen LogP contribution in [0.25, 0.3) is 0 Å². The molecule has 12 nitrogen and oxygen atoms in total. The van der Waals surface area contributed by atoms with Gasteiger partial charge in [-0.3, -0.25) is 24.8 Å². The molecule has 2 saturated carbocycles. The zero-order valence-electron chi connectivity index (χ0n) is 29.4. The maximum Gasteiger partial charge on any atom is 0.243 e. The Morgan fingerprint density at radius 1 is 0.840 bits per heavy atom. The number of nitrogens with zero attached hydrogens (tertiary/aromatic N) is 1. The number of carbonyl (C=O) groups excluding carboxylic acids is 3. The van der Waals surface area contributed by atoms with Gasteiger partial charge in [-0.25, -0.2) is 0 Å². The number of nitrogens with one attached hydrogen (secondary N) is 4. The van der Waals surface area contributed by atoms with Crippen molar-refractivity contribution in [3.63, 3.8) is 0 Å². The lowest BCUT2D eigenvalue weighted by molar-refractivity contribution is -0.135. The molecule has 0 aliphatic heterocycles. The number of amidine groups is 1.